The number of nitrogens with zero attached hydrogens (tertiary/aromatic N) is 2. The van der Waals surface area contributed by atoms with Crippen molar-refractivity contribution in [1.29, 1.82) is 0 Å². The number of halogens is 2. The summed E-state index contributed by atoms with van der Waals surface area (Å²) in [5, 5.41) is 4.79. The number of aromatic nitrogens is 1. The fraction of sp³-hybridized carbons (Fsp3) is 0.143. The minimum absolute atomic E-state index is 0.349. The zero-order valence-corrected chi connectivity index (χ0v) is 18.0. The van der Waals surface area contributed by atoms with Crippen LogP contribution in [0.25, 0.3) is 5.69 Å². The van der Waals surface area contributed by atoms with Crippen molar-refractivity contribution in [3.8, 4) is 11.4 Å². The Morgan fingerprint density at radius 3 is 2.71 bits per heavy atom. The standard InChI is InChI=1S/C21H19BrClN3O2/c1-13-9-15(14(2)26(13)18-6-4-5-17(23)11-18)12-24-25-21(27)19-10-16(22)7-8-20(19)28-3/h4-12H,1-3H3,(H,25,27)/b24-12-. The van der Waals surface area contributed by atoms with Crippen LogP contribution in [0.4, 0.5) is 0 Å². The van der Waals surface area contributed by atoms with E-state index in [0.29, 0.717) is 16.3 Å². The van der Waals surface area contributed by atoms with E-state index in [0.717, 1.165) is 27.1 Å². The number of carbonyl (C=O) groups excluding carboxylic acids is 1. The van der Waals surface area contributed by atoms with Gasteiger partial charge in [0.15, 0.2) is 0 Å². The predicted molar refractivity (Wildman–Crippen MR) is 116 cm³/mol. The molecule has 2 aromatic carbocycles. The average molecular weight is 461 g/mol. The second kappa shape index (κ2) is 8.63. The van der Waals surface area contributed by atoms with E-state index in [1.54, 1.807) is 18.3 Å². The van der Waals surface area contributed by atoms with Gasteiger partial charge in [0.1, 0.15) is 5.75 Å². The Kier molecular flexibility index (Phi) is 6.21. The Labute approximate surface area is 177 Å². The van der Waals surface area contributed by atoms with Crippen LogP contribution >= 0.6 is 27.5 Å². The maximum absolute atomic E-state index is 12.4. The highest BCUT2D eigenvalue weighted by Gasteiger charge is 2.13. The van der Waals surface area contributed by atoms with Gasteiger partial charge in [-0.05, 0) is 56.3 Å². The fourth-order valence-corrected chi connectivity index (χ4v) is 3.55. The number of aryl methyl sites for hydroxylation is 1. The van der Waals surface area contributed by atoms with Gasteiger partial charge in [0.05, 0.1) is 18.9 Å². The van der Waals surface area contributed by atoms with E-state index in [1.165, 1.54) is 7.11 Å². The first-order valence-corrected chi connectivity index (χ1v) is 9.69. The number of methoxy groups -OCH3 is 1. The lowest BCUT2D eigenvalue weighted by Crippen LogP contribution is -2.18. The zero-order chi connectivity index (χ0) is 20.3. The molecule has 0 radical (unpaired) electrons. The summed E-state index contributed by atoms with van der Waals surface area (Å²) in [6.45, 7) is 4.00. The van der Waals surface area contributed by atoms with Crippen molar-refractivity contribution < 1.29 is 9.53 Å². The van der Waals surface area contributed by atoms with Crippen molar-refractivity contribution >= 4 is 39.7 Å². The monoisotopic (exact) mass is 459 g/mol. The third-order valence-corrected chi connectivity index (χ3v) is 5.04. The number of amides is 1. The normalized spacial score (nSPS) is 11.0. The molecule has 3 aromatic rings. The second-order valence-corrected chi connectivity index (χ2v) is 7.54. The minimum Gasteiger partial charge on any atom is -0.496 e. The molecule has 5 nitrogen and oxygen atoms in total. The van der Waals surface area contributed by atoms with Gasteiger partial charge in [-0.15, -0.1) is 0 Å². The summed E-state index contributed by atoms with van der Waals surface area (Å²) in [4.78, 5) is 12.4. The van der Waals surface area contributed by atoms with Crippen molar-refractivity contribution in [3.05, 3.63) is 80.5 Å². The molecular weight excluding hydrogens is 442 g/mol. The Hall–Kier alpha value is -2.57. The van der Waals surface area contributed by atoms with E-state index in [9.17, 15) is 4.79 Å². The quantitative estimate of drug-likeness (QED) is 0.416. The van der Waals surface area contributed by atoms with Gasteiger partial charge in [-0.25, -0.2) is 5.43 Å². The molecule has 0 saturated heterocycles. The largest absolute Gasteiger partial charge is 0.496 e. The molecule has 0 fully saturated rings. The lowest BCUT2D eigenvalue weighted by atomic mass is 10.2. The van der Waals surface area contributed by atoms with Crippen LogP contribution in [0, 0.1) is 13.8 Å². The molecule has 3 rings (SSSR count). The number of hydrogen-bond acceptors (Lipinski definition) is 3. The summed E-state index contributed by atoms with van der Waals surface area (Å²) in [7, 11) is 1.52. The summed E-state index contributed by atoms with van der Waals surface area (Å²) in [5.74, 6) is 0.132. The summed E-state index contributed by atoms with van der Waals surface area (Å²) < 4.78 is 8.11. The summed E-state index contributed by atoms with van der Waals surface area (Å²) in [5.41, 5.74) is 6.87. The van der Waals surface area contributed by atoms with Gasteiger partial charge in [0.2, 0.25) is 0 Å². The number of hydrazone groups is 1. The maximum atomic E-state index is 12.4. The van der Waals surface area contributed by atoms with Gasteiger partial charge >= 0.3 is 0 Å². The Morgan fingerprint density at radius 2 is 2.00 bits per heavy atom. The van der Waals surface area contributed by atoms with E-state index in [2.05, 4.69) is 31.0 Å². The fourth-order valence-electron chi connectivity index (χ4n) is 3.01. The van der Waals surface area contributed by atoms with Gasteiger partial charge in [-0.1, -0.05) is 33.6 Å². The molecule has 1 N–H and O–H groups in total. The molecule has 0 aliphatic heterocycles. The molecule has 0 spiro atoms. The van der Waals surface area contributed by atoms with Crippen LogP contribution in [-0.4, -0.2) is 23.8 Å². The van der Waals surface area contributed by atoms with Crippen molar-refractivity contribution in [3.63, 3.8) is 0 Å². The van der Waals surface area contributed by atoms with Crippen LogP contribution in [0.3, 0.4) is 0 Å². The minimum atomic E-state index is -0.349. The second-order valence-electron chi connectivity index (χ2n) is 6.19. The number of hydrogen-bond donors (Lipinski definition) is 1. The molecule has 7 heteroatoms. The summed E-state index contributed by atoms with van der Waals surface area (Å²) >= 11 is 9.48. The average Bonchev–Trinajstić information content (AvgIpc) is 2.95. The number of carbonyl (C=O) groups is 1. The Balaban J connectivity index is 1.81. The van der Waals surface area contributed by atoms with Crippen molar-refractivity contribution in [1.82, 2.24) is 9.99 Å². The van der Waals surface area contributed by atoms with Gasteiger partial charge in [0, 0.05) is 32.1 Å². The first-order chi connectivity index (χ1) is 13.4. The molecule has 28 heavy (non-hydrogen) atoms. The van der Waals surface area contributed by atoms with Crippen LogP contribution in [0.2, 0.25) is 5.02 Å². The van der Waals surface area contributed by atoms with Crippen molar-refractivity contribution in [2.45, 2.75) is 13.8 Å². The van der Waals surface area contributed by atoms with Crippen LogP contribution in [0.15, 0.2) is 58.1 Å². The molecule has 144 valence electrons. The number of nitrogens with one attached hydrogen (secondary N) is 1. The molecule has 0 unspecified atom stereocenters. The van der Waals surface area contributed by atoms with Crippen LogP contribution in [0.5, 0.6) is 5.75 Å². The summed E-state index contributed by atoms with van der Waals surface area (Å²) in [6, 6.07) is 14.9. The first kappa shape index (κ1) is 20.2. The van der Waals surface area contributed by atoms with E-state index in [-0.39, 0.29) is 5.91 Å². The third kappa shape index (κ3) is 4.29. The van der Waals surface area contributed by atoms with Crippen LogP contribution in [0.1, 0.15) is 27.3 Å². The lowest BCUT2D eigenvalue weighted by Gasteiger charge is -2.09. The smallest absolute Gasteiger partial charge is 0.275 e. The Morgan fingerprint density at radius 1 is 1.21 bits per heavy atom. The predicted octanol–water partition coefficient (Wildman–Crippen LogP) is 5.28. The number of rotatable bonds is 5. The number of benzene rings is 2. The molecule has 0 bridgehead atoms. The van der Waals surface area contributed by atoms with Crippen LogP contribution < -0.4 is 10.2 Å². The van der Waals surface area contributed by atoms with Gasteiger partial charge in [0.25, 0.3) is 5.91 Å². The van der Waals surface area contributed by atoms with E-state index in [1.807, 2.05) is 50.2 Å². The molecule has 1 amide bonds. The Bertz CT molecular complexity index is 1060. The molecule has 1 heterocycles. The van der Waals surface area contributed by atoms with E-state index in [4.69, 9.17) is 16.3 Å². The molecule has 1 aromatic heterocycles. The topological polar surface area (TPSA) is 55.6 Å². The number of ether oxygens (including phenoxy) is 1. The van der Waals surface area contributed by atoms with Gasteiger partial charge < -0.3 is 9.30 Å². The van der Waals surface area contributed by atoms with Gasteiger partial charge in [-0.3, -0.25) is 4.79 Å². The zero-order valence-electron chi connectivity index (χ0n) is 15.7. The lowest BCUT2D eigenvalue weighted by molar-refractivity contribution is 0.0952. The van der Waals surface area contributed by atoms with Crippen LogP contribution in [-0.2, 0) is 0 Å². The first-order valence-electron chi connectivity index (χ1n) is 8.52. The SMILES string of the molecule is COc1ccc(Br)cc1C(=O)N/N=C\c1cc(C)n(-c2cccc(Cl)c2)c1C. The molecule has 0 aliphatic rings. The van der Waals surface area contributed by atoms with Gasteiger partial charge in [-0.2, -0.15) is 5.10 Å². The molecule has 0 aliphatic carbocycles. The van der Waals surface area contributed by atoms with E-state index >= 15 is 0 Å². The summed E-state index contributed by atoms with van der Waals surface area (Å²) in [6.07, 6.45) is 1.63. The maximum Gasteiger partial charge on any atom is 0.275 e. The highest BCUT2D eigenvalue weighted by atomic mass is 79.9. The van der Waals surface area contributed by atoms with Crippen molar-refractivity contribution in [2.24, 2.45) is 5.10 Å². The highest BCUT2D eigenvalue weighted by molar-refractivity contribution is 9.10. The molecule has 0 atom stereocenters. The molecular formula is C21H19BrClN3O2. The highest BCUT2D eigenvalue weighted by Crippen LogP contribution is 2.23. The van der Waals surface area contributed by atoms with E-state index < -0.39 is 0 Å². The molecule has 0 saturated carbocycles. The van der Waals surface area contributed by atoms with Crippen molar-refractivity contribution in [2.75, 3.05) is 7.11 Å². The third-order valence-electron chi connectivity index (χ3n) is 4.31.